The van der Waals surface area contributed by atoms with Crippen molar-refractivity contribution in [3.63, 3.8) is 0 Å². The maximum atomic E-state index is 9.36. The van der Waals surface area contributed by atoms with Crippen LogP contribution >= 0.6 is 11.6 Å². The van der Waals surface area contributed by atoms with Crippen LogP contribution in [0.5, 0.6) is 0 Å². The molecule has 0 bridgehead atoms. The van der Waals surface area contributed by atoms with Gasteiger partial charge in [-0.15, -0.1) is 0 Å². The lowest BCUT2D eigenvalue weighted by molar-refractivity contribution is 0.122. The van der Waals surface area contributed by atoms with Gasteiger partial charge in [0.2, 0.25) is 5.95 Å². The first-order chi connectivity index (χ1) is 15.1. The molecule has 0 amide bonds. The Morgan fingerprint density at radius 3 is 2.77 bits per heavy atom. The molecule has 3 aromatic rings. The summed E-state index contributed by atoms with van der Waals surface area (Å²) in [6.45, 7) is 5.48. The molecule has 4 rings (SSSR count). The average Bonchev–Trinajstić information content (AvgIpc) is 2.79. The maximum absolute atomic E-state index is 9.36. The summed E-state index contributed by atoms with van der Waals surface area (Å²) in [5, 5.41) is 16.4. The Kier molecular flexibility index (Phi) is 6.81. The molecule has 3 N–H and O–H groups in total. The van der Waals surface area contributed by atoms with Gasteiger partial charge in [-0.25, -0.2) is 15.0 Å². The third-order valence-electron chi connectivity index (χ3n) is 5.03. The largest absolute Gasteiger partial charge is 0.392 e. The van der Waals surface area contributed by atoms with Gasteiger partial charge in [0.05, 0.1) is 32.1 Å². The highest BCUT2D eigenvalue weighted by molar-refractivity contribution is 6.29. The van der Waals surface area contributed by atoms with Crippen molar-refractivity contribution >= 4 is 34.7 Å². The summed E-state index contributed by atoms with van der Waals surface area (Å²) >= 11 is 6.25. The van der Waals surface area contributed by atoms with E-state index in [0.717, 1.165) is 47.1 Å². The van der Waals surface area contributed by atoms with Crippen molar-refractivity contribution in [3.8, 4) is 0 Å². The molecule has 1 aliphatic heterocycles. The van der Waals surface area contributed by atoms with Gasteiger partial charge in [-0.1, -0.05) is 23.7 Å². The number of halogens is 1. The van der Waals surface area contributed by atoms with Gasteiger partial charge in [0.15, 0.2) is 0 Å². The molecule has 9 heteroatoms. The molecule has 1 aliphatic rings. The molecular formula is C22H25ClN6O2. The van der Waals surface area contributed by atoms with Gasteiger partial charge in [-0.3, -0.25) is 0 Å². The van der Waals surface area contributed by atoms with Gasteiger partial charge >= 0.3 is 0 Å². The van der Waals surface area contributed by atoms with Crippen LogP contribution in [0.25, 0.3) is 0 Å². The predicted molar refractivity (Wildman–Crippen MR) is 122 cm³/mol. The number of hydrogen-bond donors (Lipinski definition) is 3. The zero-order valence-corrected chi connectivity index (χ0v) is 18.1. The van der Waals surface area contributed by atoms with E-state index in [9.17, 15) is 5.11 Å². The van der Waals surface area contributed by atoms with Crippen LogP contribution < -0.4 is 15.5 Å². The molecule has 1 fully saturated rings. The minimum atomic E-state index is 0.0114. The molecule has 0 aliphatic carbocycles. The number of morpholine rings is 1. The zero-order chi connectivity index (χ0) is 21.6. The molecule has 2 aromatic heterocycles. The molecule has 162 valence electrons. The van der Waals surface area contributed by atoms with Gasteiger partial charge in [0, 0.05) is 36.7 Å². The second-order valence-electron chi connectivity index (χ2n) is 7.29. The van der Waals surface area contributed by atoms with Crippen molar-refractivity contribution in [1.29, 1.82) is 0 Å². The second kappa shape index (κ2) is 9.91. The van der Waals surface area contributed by atoms with Gasteiger partial charge in [-0.05, 0) is 36.2 Å². The van der Waals surface area contributed by atoms with Crippen molar-refractivity contribution in [2.75, 3.05) is 41.8 Å². The number of aryl methyl sites for hydroxylation is 1. The zero-order valence-electron chi connectivity index (χ0n) is 17.3. The quantitative estimate of drug-likeness (QED) is 0.480. The molecular weight excluding hydrogens is 416 g/mol. The van der Waals surface area contributed by atoms with E-state index in [0.29, 0.717) is 30.9 Å². The normalized spacial score (nSPS) is 13.8. The van der Waals surface area contributed by atoms with E-state index in [4.69, 9.17) is 16.3 Å². The molecule has 0 spiro atoms. The number of nitrogens with zero attached hydrogens (tertiary/aromatic N) is 4. The summed E-state index contributed by atoms with van der Waals surface area (Å²) in [6, 6.07) is 11.4. The Hall–Kier alpha value is -2.94. The summed E-state index contributed by atoms with van der Waals surface area (Å²) in [4.78, 5) is 15.5. The highest BCUT2D eigenvalue weighted by Crippen LogP contribution is 2.24. The highest BCUT2D eigenvalue weighted by atomic mass is 35.5. The molecule has 1 saturated heterocycles. The van der Waals surface area contributed by atoms with Crippen LogP contribution in [0.3, 0.4) is 0 Å². The Labute approximate surface area is 186 Å². The first kappa shape index (κ1) is 21.3. The second-order valence-corrected chi connectivity index (χ2v) is 7.68. The standard InChI is InChI=1S/C22H25ClN6O2/c1-15-2-3-16(14-30)10-19(15)25-13-17-4-5-24-22(26-17)27-18-11-20(23)28-21(12-18)29-6-8-31-9-7-29/h2-5,10-12,25,30H,6-9,13-14H2,1H3,(H,24,26,27,28). The van der Waals surface area contributed by atoms with Crippen LogP contribution in [0.4, 0.5) is 23.1 Å². The lowest BCUT2D eigenvalue weighted by atomic mass is 10.1. The fourth-order valence-corrected chi connectivity index (χ4v) is 3.54. The lowest BCUT2D eigenvalue weighted by Crippen LogP contribution is -2.36. The number of nitrogens with one attached hydrogen (secondary N) is 2. The molecule has 31 heavy (non-hydrogen) atoms. The van der Waals surface area contributed by atoms with Gasteiger partial charge in [-0.2, -0.15) is 0 Å². The number of anilines is 4. The number of pyridine rings is 1. The molecule has 0 radical (unpaired) electrons. The fourth-order valence-electron chi connectivity index (χ4n) is 3.34. The van der Waals surface area contributed by atoms with Gasteiger partial charge in [0.25, 0.3) is 0 Å². The number of aromatic nitrogens is 3. The summed E-state index contributed by atoms with van der Waals surface area (Å²) in [5.74, 6) is 1.28. The van der Waals surface area contributed by atoms with E-state index in [2.05, 4.69) is 30.5 Å². The van der Waals surface area contributed by atoms with Crippen LogP contribution in [-0.2, 0) is 17.9 Å². The summed E-state index contributed by atoms with van der Waals surface area (Å²) in [5.41, 5.74) is 4.55. The van der Waals surface area contributed by atoms with E-state index >= 15 is 0 Å². The number of aliphatic hydroxyl groups excluding tert-OH is 1. The monoisotopic (exact) mass is 440 g/mol. The molecule has 0 saturated carbocycles. The average molecular weight is 441 g/mol. The lowest BCUT2D eigenvalue weighted by Gasteiger charge is -2.28. The first-order valence-corrected chi connectivity index (χ1v) is 10.5. The summed E-state index contributed by atoms with van der Waals surface area (Å²) in [6.07, 6.45) is 1.72. The van der Waals surface area contributed by atoms with E-state index in [1.54, 1.807) is 12.3 Å². The molecule has 3 heterocycles. The smallest absolute Gasteiger partial charge is 0.227 e. The third kappa shape index (κ3) is 5.61. The topological polar surface area (TPSA) is 95.4 Å². The van der Waals surface area contributed by atoms with Crippen molar-refractivity contribution in [2.45, 2.75) is 20.1 Å². The van der Waals surface area contributed by atoms with Crippen molar-refractivity contribution < 1.29 is 9.84 Å². The summed E-state index contributed by atoms with van der Waals surface area (Å²) in [7, 11) is 0. The Morgan fingerprint density at radius 1 is 1.13 bits per heavy atom. The minimum absolute atomic E-state index is 0.0114. The SMILES string of the molecule is Cc1ccc(CO)cc1NCc1ccnc(Nc2cc(Cl)nc(N3CCOCC3)c2)n1. The van der Waals surface area contributed by atoms with Crippen molar-refractivity contribution in [1.82, 2.24) is 15.0 Å². The number of aliphatic hydroxyl groups is 1. The number of hydrogen-bond acceptors (Lipinski definition) is 8. The van der Waals surface area contributed by atoms with Crippen molar-refractivity contribution in [3.05, 3.63) is 64.6 Å². The van der Waals surface area contributed by atoms with Crippen LogP contribution in [0, 0.1) is 6.92 Å². The van der Waals surface area contributed by atoms with Gasteiger partial charge in [0.1, 0.15) is 11.0 Å². The third-order valence-corrected chi connectivity index (χ3v) is 5.22. The van der Waals surface area contributed by atoms with E-state index in [-0.39, 0.29) is 6.61 Å². The first-order valence-electron chi connectivity index (χ1n) is 10.1. The Bertz CT molecular complexity index is 1040. The Balaban J connectivity index is 1.46. The molecule has 8 nitrogen and oxygen atoms in total. The number of ether oxygens (including phenoxy) is 1. The fraction of sp³-hybridized carbons (Fsp3) is 0.318. The highest BCUT2D eigenvalue weighted by Gasteiger charge is 2.14. The molecule has 0 atom stereocenters. The number of benzene rings is 1. The molecule has 0 unspecified atom stereocenters. The van der Waals surface area contributed by atoms with E-state index in [1.165, 1.54) is 0 Å². The van der Waals surface area contributed by atoms with Crippen LogP contribution in [-0.4, -0.2) is 46.4 Å². The van der Waals surface area contributed by atoms with E-state index < -0.39 is 0 Å². The van der Waals surface area contributed by atoms with Crippen LogP contribution in [0.15, 0.2) is 42.6 Å². The van der Waals surface area contributed by atoms with Crippen LogP contribution in [0.2, 0.25) is 5.15 Å². The van der Waals surface area contributed by atoms with Crippen molar-refractivity contribution in [2.24, 2.45) is 0 Å². The Morgan fingerprint density at radius 2 is 1.97 bits per heavy atom. The summed E-state index contributed by atoms with van der Waals surface area (Å²) < 4.78 is 5.41. The van der Waals surface area contributed by atoms with Gasteiger partial charge < -0.3 is 25.4 Å². The van der Waals surface area contributed by atoms with E-state index in [1.807, 2.05) is 37.3 Å². The molecule has 1 aromatic carbocycles. The van der Waals surface area contributed by atoms with Crippen LogP contribution in [0.1, 0.15) is 16.8 Å². The maximum Gasteiger partial charge on any atom is 0.227 e. The number of rotatable bonds is 7. The minimum Gasteiger partial charge on any atom is -0.392 e. The predicted octanol–water partition coefficient (Wildman–Crippen LogP) is 3.52.